The minimum absolute atomic E-state index is 0.331. The average molecular weight is 331 g/mol. The summed E-state index contributed by atoms with van der Waals surface area (Å²) < 4.78 is 5.15. The van der Waals surface area contributed by atoms with Gasteiger partial charge in [0.15, 0.2) is 0 Å². The number of rotatable bonds is 6. The van der Waals surface area contributed by atoms with Gasteiger partial charge in [-0.1, -0.05) is 36.4 Å². The number of hydrogen-bond acceptors (Lipinski definition) is 6. The van der Waals surface area contributed by atoms with E-state index in [4.69, 9.17) is 4.74 Å². The highest BCUT2D eigenvalue weighted by Gasteiger charge is 2.03. The van der Waals surface area contributed by atoms with Crippen molar-refractivity contribution in [3.8, 4) is 17.0 Å². The van der Waals surface area contributed by atoms with Crippen LogP contribution in [-0.2, 0) is 0 Å². The predicted octanol–water partition coefficient (Wildman–Crippen LogP) is 3.66. The second kappa shape index (κ2) is 8.35. The first kappa shape index (κ1) is 16.3. The monoisotopic (exact) mass is 331 g/mol. The predicted molar refractivity (Wildman–Crippen MR) is 99.4 cm³/mol. The van der Waals surface area contributed by atoms with Gasteiger partial charge < -0.3 is 4.74 Å². The zero-order chi connectivity index (χ0) is 17.3. The van der Waals surface area contributed by atoms with Crippen molar-refractivity contribution in [2.45, 2.75) is 0 Å². The Morgan fingerprint density at radius 2 is 1.84 bits per heavy atom. The highest BCUT2D eigenvalue weighted by molar-refractivity contribution is 5.78. The lowest BCUT2D eigenvalue weighted by Gasteiger charge is -2.03. The number of allylic oxidation sites excluding steroid dienone is 1. The highest BCUT2D eigenvalue weighted by Crippen LogP contribution is 2.20. The van der Waals surface area contributed by atoms with Crippen molar-refractivity contribution in [1.29, 1.82) is 0 Å². The van der Waals surface area contributed by atoms with E-state index in [1.165, 1.54) is 0 Å². The van der Waals surface area contributed by atoms with Crippen LogP contribution < -0.4 is 10.2 Å². The maximum atomic E-state index is 5.15. The number of nitrogens with zero attached hydrogens (tertiary/aromatic N) is 4. The van der Waals surface area contributed by atoms with Gasteiger partial charge in [-0.25, -0.2) is 10.4 Å². The molecule has 3 aromatic rings. The molecule has 3 rings (SSSR count). The van der Waals surface area contributed by atoms with Gasteiger partial charge in [0.05, 0.1) is 19.0 Å². The van der Waals surface area contributed by atoms with Gasteiger partial charge in [0.1, 0.15) is 5.75 Å². The molecular weight excluding hydrogens is 314 g/mol. The number of aromatic nitrogens is 3. The first-order chi connectivity index (χ1) is 12.3. The molecule has 0 radical (unpaired) electrons. The van der Waals surface area contributed by atoms with Gasteiger partial charge >= 0.3 is 0 Å². The van der Waals surface area contributed by atoms with Crippen LogP contribution in [0, 0.1) is 0 Å². The molecule has 6 heteroatoms. The molecule has 0 spiro atoms. The molecule has 2 aromatic carbocycles. The van der Waals surface area contributed by atoms with Gasteiger partial charge in [-0.2, -0.15) is 10.2 Å². The summed E-state index contributed by atoms with van der Waals surface area (Å²) in [5, 5.41) is 11.9. The van der Waals surface area contributed by atoms with Gasteiger partial charge in [-0.3, -0.25) is 0 Å². The van der Waals surface area contributed by atoms with Crippen molar-refractivity contribution in [2.75, 3.05) is 12.5 Å². The van der Waals surface area contributed by atoms with Crippen molar-refractivity contribution < 1.29 is 4.74 Å². The normalized spacial score (nSPS) is 11.1. The van der Waals surface area contributed by atoms with Crippen molar-refractivity contribution in [1.82, 2.24) is 15.2 Å². The molecule has 0 atom stereocenters. The number of hydrazone groups is 1. The van der Waals surface area contributed by atoms with Crippen molar-refractivity contribution >= 4 is 18.2 Å². The number of methoxy groups -OCH3 is 1. The van der Waals surface area contributed by atoms with E-state index in [1.807, 2.05) is 66.7 Å². The second-order valence-electron chi connectivity index (χ2n) is 5.05. The van der Waals surface area contributed by atoms with Gasteiger partial charge in [0, 0.05) is 11.8 Å². The Hall–Kier alpha value is -3.54. The van der Waals surface area contributed by atoms with E-state index in [1.54, 1.807) is 19.5 Å². The molecule has 0 bridgehead atoms. The summed E-state index contributed by atoms with van der Waals surface area (Å²) >= 11 is 0. The maximum absolute atomic E-state index is 5.15. The molecule has 0 saturated carbocycles. The van der Waals surface area contributed by atoms with Crippen LogP contribution in [0.3, 0.4) is 0 Å². The third-order valence-corrected chi connectivity index (χ3v) is 3.36. The summed E-state index contributed by atoms with van der Waals surface area (Å²) in [6.45, 7) is 0. The molecule has 0 fully saturated rings. The smallest absolute Gasteiger partial charge is 0.263 e. The van der Waals surface area contributed by atoms with Gasteiger partial charge in [0.25, 0.3) is 5.95 Å². The van der Waals surface area contributed by atoms with Crippen molar-refractivity contribution in [2.24, 2.45) is 5.10 Å². The highest BCUT2D eigenvalue weighted by atomic mass is 16.5. The van der Waals surface area contributed by atoms with E-state index in [0.717, 1.165) is 16.9 Å². The zero-order valence-electron chi connectivity index (χ0n) is 13.7. The number of benzene rings is 2. The van der Waals surface area contributed by atoms with E-state index < -0.39 is 0 Å². The van der Waals surface area contributed by atoms with Gasteiger partial charge in [0.2, 0.25) is 0 Å². The molecule has 1 N–H and O–H groups in total. The summed E-state index contributed by atoms with van der Waals surface area (Å²) in [5.74, 6) is 1.12. The molecule has 0 aliphatic heterocycles. The third kappa shape index (κ3) is 4.71. The Bertz CT molecular complexity index is 860. The van der Waals surface area contributed by atoms with E-state index in [-0.39, 0.29) is 0 Å². The second-order valence-corrected chi connectivity index (χ2v) is 5.05. The fraction of sp³-hybridized carbons (Fsp3) is 0.0526. The van der Waals surface area contributed by atoms with Crippen LogP contribution in [0.25, 0.3) is 17.3 Å². The fourth-order valence-electron chi connectivity index (χ4n) is 2.11. The molecule has 6 nitrogen and oxygen atoms in total. The quantitative estimate of drug-likeness (QED) is 0.551. The molecule has 0 unspecified atom stereocenters. The molecule has 0 aliphatic rings. The summed E-state index contributed by atoms with van der Waals surface area (Å²) in [6, 6.07) is 17.6. The summed E-state index contributed by atoms with van der Waals surface area (Å²) in [4.78, 5) is 4.39. The van der Waals surface area contributed by atoms with E-state index in [2.05, 4.69) is 25.7 Å². The first-order valence-corrected chi connectivity index (χ1v) is 7.70. The van der Waals surface area contributed by atoms with Crippen molar-refractivity contribution in [3.63, 3.8) is 0 Å². The molecule has 1 aromatic heterocycles. The molecular formula is C19H17N5O. The maximum Gasteiger partial charge on any atom is 0.263 e. The Labute approximate surface area is 145 Å². The van der Waals surface area contributed by atoms with Crippen LogP contribution in [0.15, 0.2) is 72.0 Å². The molecule has 0 amide bonds. The first-order valence-electron chi connectivity index (χ1n) is 7.70. The molecule has 1 heterocycles. The average Bonchev–Trinajstić information content (AvgIpc) is 2.69. The number of nitrogens with one attached hydrogen (secondary N) is 1. The Kier molecular flexibility index (Phi) is 5.45. The van der Waals surface area contributed by atoms with Crippen LogP contribution in [0.5, 0.6) is 5.75 Å². The van der Waals surface area contributed by atoms with E-state index in [9.17, 15) is 0 Å². The van der Waals surface area contributed by atoms with Gasteiger partial charge in [-0.05, 0) is 35.9 Å². The Morgan fingerprint density at radius 3 is 2.60 bits per heavy atom. The summed E-state index contributed by atoms with van der Waals surface area (Å²) in [6.07, 6.45) is 7.03. The van der Waals surface area contributed by atoms with Crippen LogP contribution in [-0.4, -0.2) is 28.5 Å². The minimum atomic E-state index is 0.331. The fourth-order valence-corrected chi connectivity index (χ4v) is 2.11. The van der Waals surface area contributed by atoms with Crippen LogP contribution in [0.4, 0.5) is 5.95 Å². The Balaban J connectivity index is 1.63. The number of anilines is 1. The zero-order valence-corrected chi connectivity index (χ0v) is 13.7. The van der Waals surface area contributed by atoms with Gasteiger partial charge in [-0.15, -0.1) is 5.10 Å². The molecule has 0 saturated heterocycles. The topological polar surface area (TPSA) is 72.3 Å². The Morgan fingerprint density at radius 1 is 1.04 bits per heavy atom. The van der Waals surface area contributed by atoms with E-state index in [0.29, 0.717) is 11.6 Å². The van der Waals surface area contributed by atoms with E-state index >= 15 is 0 Å². The lowest BCUT2D eigenvalue weighted by molar-refractivity contribution is 0.415. The number of ether oxygens (including phenoxy) is 1. The summed E-state index contributed by atoms with van der Waals surface area (Å²) in [7, 11) is 1.63. The van der Waals surface area contributed by atoms with Crippen LogP contribution in [0.1, 0.15) is 5.56 Å². The minimum Gasteiger partial charge on any atom is -0.497 e. The summed E-state index contributed by atoms with van der Waals surface area (Å²) in [5.41, 5.74) is 5.50. The third-order valence-electron chi connectivity index (χ3n) is 3.36. The van der Waals surface area contributed by atoms with Crippen LogP contribution >= 0.6 is 0 Å². The largest absolute Gasteiger partial charge is 0.497 e. The standard InChI is InChI=1S/C19H17N5O/c1-25-17-11-9-16(10-12-17)18-14-21-24-19(22-18)23-20-13-5-8-15-6-3-2-4-7-15/h2-14H,1H3,(H,22,23,24). The van der Waals surface area contributed by atoms with Crippen LogP contribution in [0.2, 0.25) is 0 Å². The molecule has 124 valence electrons. The SMILES string of the molecule is COc1ccc(-c2cnnc(NN=CC=Cc3ccccc3)n2)cc1. The lowest BCUT2D eigenvalue weighted by Crippen LogP contribution is -1.99. The van der Waals surface area contributed by atoms with Crippen molar-refractivity contribution in [3.05, 3.63) is 72.4 Å². The molecule has 0 aliphatic carbocycles. The molecule has 25 heavy (non-hydrogen) atoms. The lowest BCUT2D eigenvalue weighted by atomic mass is 10.1. The number of hydrogen-bond donors (Lipinski definition) is 1.